The van der Waals surface area contributed by atoms with E-state index in [1.54, 1.807) is 6.07 Å². The van der Waals surface area contributed by atoms with Gasteiger partial charge in [-0.2, -0.15) is 5.26 Å². The number of benzene rings is 1. The molecule has 0 fully saturated rings. The lowest BCUT2D eigenvalue weighted by atomic mass is 10.1. The van der Waals surface area contributed by atoms with Gasteiger partial charge in [-0.05, 0) is 18.6 Å². The molecule has 0 radical (unpaired) electrons. The summed E-state index contributed by atoms with van der Waals surface area (Å²) in [6.07, 6.45) is 3.69. The Kier molecular flexibility index (Phi) is 4.21. The fourth-order valence-corrected chi connectivity index (χ4v) is 2.21. The molecule has 0 spiro atoms. The number of nitrogens with two attached hydrogens (primary N) is 1. The molecule has 2 rings (SSSR count). The van der Waals surface area contributed by atoms with Crippen LogP contribution in [-0.4, -0.2) is 9.55 Å². The van der Waals surface area contributed by atoms with Crippen molar-refractivity contribution in [2.24, 2.45) is 0 Å². The van der Waals surface area contributed by atoms with Gasteiger partial charge in [-0.25, -0.2) is 4.98 Å². The summed E-state index contributed by atoms with van der Waals surface area (Å²) in [5.74, 6) is 1.59. The Balaban J connectivity index is 2.53. The van der Waals surface area contributed by atoms with Gasteiger partial charge in [0.25, 0.3) is 0 Å². The van der Waals surface area contributed by atoms with Gasteiger partial charge < -0.3 is 10.3 Å². The van der Waals surface area contributed by atoms with Gasteiger partial charge in [0, 0.05) is 18.5 Å². The maximum atomic E-state index is 8.99. The van der Waals surface area contributed by atoms with E-state index in [0.717, 1.165) is 29.9 Å². The molecule has 0 unspecified atom stereocenters. The molecule has 0 saturated carbocycles. The van der Waals surface area contributed by atoms with Crippen LogP contribution in [0.1, 0.15) is 24.7 Å². The summed E-state index contributed by atoms with van der Waals surface area (Å²) < 4.78 is 1.98. The fourth-order valence-electron chi connectivity index (χ4n) is 2.21. The van der Waals surface area contributed by atoms with Crippen LogP contribution >= 0.6 is 0 Å². The number of aryl methyl sites for hydroxylation is 1. The van der Waals surface area contributed by atoms with Gasteiger partial charge in [0.05, 0.1) is 11.6 Å². The van der Waals surface area contributed by atoms with Gasteiger partial charge in [-0.15, -0.1) is 6.58 Å². The third-order valence-electron chi connectivity index (χ3n) is 3.14. The molecule has 0 amide bonds. The van der Waals surface area contributed by atoms with Crippen LogP contribution in [0.4, 0.5) is 5.82 Å². The van der Waals surface area contributed by atoms with E-state index < -0.39 is 0 Å². The standard InChI is InChI=1S/C16H18N4/c1-3-6-14-19-15(16(18)20(14)9-4-2)13-8-5-7-12(10-13)11-17/h4-5,7-8,10H,2-3,6,9,18H2,1H3. The Morgan fingerprint density at radius 2 is 2.30 bits per heavy atom. The van der Waals surface area contributed by atoms with Gasteiger partial charge in [0.1, 0.15) is 17.3 Å². The highest BCUT2D eigenvalue weighted by molar-refractivity contribution is 5.72. The molecule has 0 aliphatic rings. The minimum atomic E-state index is 0.609. The number of nitrogens with zero attached hydrogens (tertiary/aromatic N) is 3. The number of nitrogen functional groups attached to an aromatic ring is 1. The Hall–Kier alpha value is -2.54. The highest BCUT2D eigenvalue weighted by Crippen LogP contribution is 2.27. The van der Waals surface area contributed by atoms with Crippen molar-refractivity contribution in [1.82, 2.24) is 9.55 Å². The van der Waals surface area contributed by atoms with Gasteiger partial charge in [0.15, 0.2) is 0 Å². The Morgan fingerprint density at radius 3 is 2.95 bits per heavy atom. The third-order valence-corrected chi connectivity index (χ3v) is 3.14. The zero-order chi connectivity index (χ0) is 14.5. The molecule has 102 valence electrons. The van der Waals surface area contributed by atoms with E-state index in [2.05, 4.69) is 24.6 Å². The van der Waals surface area contributed by atoms with Gasteiger partial charge in [-0.3, -0.25) is 0 Å². The van der Waals surface area contributed by atoms with Crippen LogP contribution in [0.3, 0.4) is 0 Å². The van der Waals surface area contributed by atoms with Crippen molar-refractivity contribution in [3.8, 4) is 17.3 Å². The lowest BCUT2D eigenvalue weighted by Gasteiger charge is -2.06. The molecule has 4 heteroatoms. The maximum Gasteiger partial charge on any atom is 0.132 e. The molecule has 20 heavy (non-hydrogen) atoms. The number of aromatic nitrogens is 2. The van der Waals surface area contributed by atoms with Crippen LogP contribution in [0.15, 0.2) is 36.9 Å². The molecule has 1 aromatic heterocycles. The number of anilines is 1. The van der Waals surface area contributed by atoms with Gasteiger partial charge >= 0.3 is 0 Å². The predicted molar refractivity (Wildman–Crippen MR) is 81.0 cm³/mol. The summed E-state index contributed by atoms with van der Waals surface area (Å²) in [5.41, 5.74) is 8.44. The van der Waals surface area contributed by atoms with Crippen LogP contribution in [-0.2, 0) is 13.0 Å². The van der Waals surface area contributed by atoms with Crippen LogP contribution < -0.4 is 5.73 Å². The molecule has 1 aromatic carbocycles. The van der Waals surface area contributed by atoms with Crippen molar-refractivity contribution in [3.63, 3.8) is 0 Å². The van der Waals surface area contributed by atoms with Crippen LogP contribution in [0.25, 0.3) is 11.3 Å². The molecule has 2 N–H and O–H groups in total. The highest BCUT2D eigenvalue weighted by atomic mass is 15.1. The van der Waals surface area contributed by atoms with Crippen LogP contribution in [0, 0.1) is 11.3 Å². The van der Waals surface area contributed by atoms with E-state index in [0.29, 0.717) is 17.9 Å². The first-order chi connectivity index (χ1) is 9.71. The van der Waals surface area contributed by atoms with Crippen molar-refractivity contribution >= 4 is 5.82 Å². The van der Waals surface area contributed by atoms with Gasteiger partial charge in [-0.1, -0.05) is 25.1 Å². The maximum absolute atomic E-state index is 8.99. The average molecular weight is 266 g/mol. The second-order valence-electron chi connectivity index (χ2n) is 4.60. The van der Waals surface area contributed by atoms with E-state index in [1.807, 2.05) is 28.8 Å². The summed E-state index contributed by atoms with van der Waals surface area (Å²) in [7, 11) is 0. The Labute approximate surface area is 119 Å². The minimum Gasteiger partial charge on any atom is -0.383 e. The number of hydrogen-bond acceptors (Lipinski definition) is 3. The van der Waals surface area contributed by atoms with Crippen LogP contribution in [0.5, 0.6) is 0 Å². The Morgan fingerprint density at radius 1 is 1.50 bits per heavy atom. The SMILES string of the molecule is C=CCn1c(CCC)nc(-c2cccc(C#N)c2)c1N. The van der Waals surface area contributed by atoms with Crippen molar-refractivity contribution in [1.29, 1.82) is 5.26 Å². The predicted octanol–water partition coefficient (Wildman–Crippen LogP) is 3.14. The molecule has 0 atom stereocenters. The zero-order valence-corrected chi connectivity index (χ0v) is 11.6. The first-order valence-electron chi connectivity index (χ1n) is 6.67. The lowest BCUT2D eigenvalue weighted by Crippen LogP contribution is -2.05. The molecule has 0 aliphatic heterocycles. The van der Waals surface area contributed by atoms with E-state index in [4.69, 9.17) is 11.0 Å². The second-order valence-corrected chi connectivity index (χ2v) is 4.60. The second kappa shape index (κ2) is 6.07. The molecule has 4 nitrogen and oxygen atoms in total. The van der Waals surface area contributed by atoms with E-state index in [1.165, 1.54) is 0 Å². The quantitative estimate of drug-likeness (QED) is 0.845. The molecule has 2 aromatic rings. The number of nitriles is 1. The highest BCUT2D eigenvalue weighted by Gasteiger charge is 2.15. The summed E-state index contributed by atoms with van der Waals surface area (Å²) in [6, 6.07) is 9.49. The van der Waals surface area contributed by atoms with Crippen molar-refractivity contribution < 1.29 is 0 Å². The summed E-state index contributed by atoms with van der Waals surface area (Å²) >= 11 is 0. The minimum absolute atomic E-state index is 0.609. The molecular formula is C16H18N4. The van der Waals surface area contributed by atoms with Crippen molar-refractivity contribution in [2.45, 2.75) is 26.3 Å². The topological polar surface area (TPSA) is 67.6 Å². The average Bonchev–Trinajstić information content (AvgIpc) is 2.77. The Bertz CT molecular complexity index is 662. The summed E-state index contributed by atoms with van der Waals surface area (Å²) in [6.45, 7) is 6.52. The molecule has 0 aliphatic carbocycles. The molecule has 1 heterocycles. The van der Waals surface area contributed by atoms with E-state index in [-0.39, 0.29) is 0 Å². The number of hydrogen-bond donors (Lipinski definition) is 1. The summed E-state index contributed by atoms with van der Waals surface area (Å²) in [5, 5.41) is 8.99. The number of allylic oxidation sites excluding steroid dienone is 1. The monoisotopic (exact) mass is 266 g/mol. The first-order valence-corrected chi connectivity index (χ1v) is 6.67. The smallest absolute Gasteiger partial charge is 0.132 e. The normalized spacial score (nSPS) is 10.2. The largest absolute Gasteiger partial charge is 0.383 e. The van der Waals surface area contributed by atoms with Crippen LogP contribution in [0.2, 0.25) is 0 Å². The molecular weight excluding hydrogens is 248 g/mol. The fraction of sp³-hybridized carbons (Fsp3) is 0.250. The lowest BCUT2D eigenvalue weighted by molar-refractivity contribution is 0.724. The van der Waals surface area contributed by atoms with Crippen molar-refractivity contribution in [2.75, 3.05) is 5.73 Å². The number of rotatable bonds is 5. The first kappa shape index (κ1) is 13.9. The zero-order valence-electron chi connectivity index (χ0n) is 11.6. The molecule has 0 saturated heterocycles. The summed E-state index contributed by atoms with van der Waals surface area (Å²) in [4.78, 5) is 4.64. The van der Waals surface area contributed by atoms with Gasteiger partial charge in [0.2, 0.25) is 0 Å². The van der Waals surface area contributed by atoms with E-state index >= 15 is 0 Å². The third kappa shape index (κ3) is 2.57. The number of imidazole rings is 1. The van der Waals surface area contributed by atoms with Crippen molar-refractivity contribution in [3.05, 3.63) is 48.3 Å². The molecule has 0 bridgehead atoms. The van der Waals surface area contributed by atoms with E-state index in [9.17, 15) is 0 Å².